The topological polar surface area (TPSA) is 154 Å². The molecule has 11 heteroatoms. The third-order valence-electron chi connectivity index (χ3n) is 6.39. The molecule has 3 aromatic rings. The maximum absolute atomic E-state index is 13.4. The smallest absolute Gasteiger partial charge is 0.323 e. The second-order valence-electron chi connectivity index (χ2n) is 9.63. The fourth-order valence-electron chi connectivity index (χ4n) is 4.30. The van der Waals surface area contributed by atoms with E-state index in [1.54, 1.807) is 36.5 Å². The zero-order valence-electron chi connectivity index (χ0n) is 22.8. The quantitative estimate of drug-likeness (QED) is 0.248. The number of fused-ring (bicyclic) bond motifs is 1. The van der Waals surface area contributed by atoms with Gasteiger partial charge in [-0.3, -0.25) is 10.2 Å². The summed E-state index contributed by atoms with van der Waals surface area (Å²) in [6.07, 6.45) is 7.17. The van der Waals surface area contributed by atoms with Gasteiger partial charge in [0.25, 0.3) is 0 Å². The Hall–Kier alpha value is -4.77. The summed E-state index contributed by atoms with van der Waals surface area (Å²) >= 11 is 0. The lowest BCUT2D eigenvalue weighted by Gasteiger charge is -2.19. The van der Waals surface area contributed by atoms with Gasteiger partial charge in [0, 0.05) is 47.7 Å². The van der Waals surface area contributed by atoms with Gasteiger partial charge in [0.2, 0.25) is 5.91 Å². The summed E-state index contributed by atoms with van der Waals surface area (Å²) in [6, 6.07) is 11.8. The maximum atomic E-state index is 13.4. The number of amides is 3. The van der Waals surface area contributed by atoms with Crippen molar-refractivity contribution >= 4 is 46.6 Å². The van der Waals surface area contributed by atoms with E-state index in [1.807, 2.05) is 19.1 Å². The standard InChI is InChI=1S/C30H34FN7O3/c1-19-12-14-34-28-21(5-2-3-15-41-16-13-25(39)36-19)18-35-29(33)26(28)27(32)20-8-10-23(11-9-20)37-30(40)38-24-7-4-6-22(31)17-24/h2,4-11,17-19,32,34H,3,12-16H2,1H3,(H2,33,35)(H,36,39)(H2,37,38,40)/b5-2+,32-27?/t19-/m1/s1. The Labute approximate surface area is 238 Å². The Morgan fingerprint density at radius 2 is 1.93 bits per heavy atom. The molecule has 4 rings (SSSR count). The van der Waals surface area contributed by atoms with Crippen molar-refractivity contribution in [2.75, 3.05) is 41.4 Å². The molecule has 1 aliphatic rings. The molecule has 1 atom stereocenters. The van der Waals surface area contributed by atoms with Crippen LogP contribution in [-0.4, -0.2) is 48.4 Å². The summed E-state index contributed by atoms with van der Waals surface area (Å²) in [5, 5.41) is 20.7. The lowest BCUT2D eigenvalue weighted by Crippen LogP contribution is -2.34. The van der Waals surface area contributed by atoms with Crippen molar-refractivity contribution < 1.29 is 18.7 Å². The van der Waals surface area contributed by atoms with Gasteiger partial charge in [-0.1, -0.05) is 30.4 Å². The predicted octanol–water partition coefficient (Wildman–Crippen LogP) is 4.99. The molecule has 0 bridgehead atoms. The van der Waals surface area contributed by atoms with Crippen molar-refractivity contribution in [1.82, 2.24) is 10.3 Å². The van der Waals surface area contributed by atoms with Crippen molar-refractivity contribution in [3.63, 3.8) is 0 Å². The van der Waals surface area contributed by atoms with E-state index in [4.69, 9.17) is 15.9 Å². The molecule has 1 aliphatic heterocycles. The lowest BCUT2D eigenvalue weighted by atomic mass is 9.98. The van der Waals surface area contributed by atoms with Gasteiger partial charge >= 0.3 is 6.03 Å². The molecule has 0 radical (unpaired) electrons. The molecular formula is C30H34FN7O3. The lowest BCUT2D eigenvalue weighted by molar-refractivity contribution is -0.122. The third kappa shape index (κ3) is 8.36. The van der Waals surface area contributed by atoms with Gasteiger partial charge in [0.05, 0.1) is 30.2 Å². The van der Waals surface area contributed by atoms with Gasteiger partial charge in [0.1, 0.15) is 11.6 Å². The number of urea groups is 1. The number of carbonyl (C=O) groups is 2. The Morgan fingerprint density at radius 1 is 1.15 bits per heavy atom. The zero-order chi connectivity index (χ0) is 29.2. The van der Waals surface area contributed by atoms with E-state index in [0.717, 1.165) is 5.56 Å². The van der Waals surface area contributed by atoms with Crippen molar-refractivity contribution in [1.29, 1.82) is 5.41 Å². The maximum Gasteiger partial charge on any atom is 0.323 e. The number of hydrogen-bond donors (Lipinski definition) is 6. The van der Waals surface area contributed by atoms with Crippen molar-refractivity contribution in [3.05, 3.63) is 83.3 Å². The van der Waals surface area contributed by atoms with E-state index >= 15 is 0 Å². The summed E-state index contributed by atoms with van der Waals surface area (Å²) in [5.74, 6) is -0.301. The number of benzene rings is 2. The predicted molar refractivity (Wildman–Crippen MR) is 160 cm³/mol. The minimum Gasteiger partial charge on any atom is -0.384 e. The molecule has 0 spiro atoms. The third-order valence-corrected chi connectivity index (χ3v) is 6.39. The van der Waals surface area contributed by atoms with Crippen LogP contribution in [0.3, 0.4) is 0 Å². The van der Waals surface area contributed by atoms with E-state index in [1.165, 1.54) is 18.2 Å². The van der Waals surface area contributed by atoms with E-state index < -0.39 is 11.8 Å². The number of nitrogens with zero attached hydrogens (tertiary/aromatic N) is 1. The highest BCUT2D eigenvalue weighted by Crippen LogP contribution is 2.29. The molecule has 0 unspecified atom stereocenters. The molecule has 1 aromatic heterocycles. The van der Waals surface area contributed by atoms with E-state index in [2.05, 4.69) is 26.3 Å². The van der Waals surface area contributed by atoms with Crippen LogP contribution in [0.2, 0.25) is 0 Å². The summed E-state index contributed by atoms with van der Waals surface area (Å²) < 4.78 is 19.0. The minimum absolute atomic E-state index is 0.0522. The number of ether oxygens (including phenoxy) is 1. The molecular weight excluding hydrogens is 525 g/mol. The van der Waals surface area contributed by atoms with Gasteiger partial charge in [0.15, 0.2) is 0 Å². The Bertz CT molecular complexity index is 1430. The van der Waals surface area contributed by atoms with Gasteiger partial charge in [-0.15, -0.1) is 0 Å². The number of nitrogen functional groups attached to an aromatic ring is 1. The van der Waals surface area contributed by atoms with Crippen LogP contribution in [0.5, 0.6) is 0 Å². The molecule has 2 aromatic carbocycles. The fraction of sp³-hybridized carbons (Fsp3) is 0.267. The van der Waals surface area contributed by atoms with Crippen molar-refractivity contribution in [2.24, 2.45) is 0 Å². The number of carbonyl (C=O) groups excluding carboxylic acids is 2. The van der Waals surface area contributed by atoms with Crippen LogP contribution in [0.1, 0.15) is 42.9 Å². The number of anilines is 4. The van der Waals surface area contributed by atoms with Gasteiger partial charge < -0.3 is 31.7 Å². The van der Waals surface area contributed by atoms with Crippen LogP contribution < -0.4 is 27.0 Å². The first-order chi connectivity index (χ1) is 19.8. The molecule has 3 amide bonds. The second kappa shape index (κ2) is 14.0. The number of rotatable bonds is 4. The van der Waals surface area contributed by atoms with Crippen LogP contribution in [-0.2, 0) is 9.53 Å². The average Bonchev–Trinajstić information content (AvgIpc) is 2.93. The summed E-state index contributed by atoms with van der Waals surface area (Å²) in [4.78, 5) is 28.8. The Kier molecular flexibility index (Phi) is 10.0. The van der Waals surface area contributed by atoms with E-state index in [9.17, 15) is 14.0 Å². The van der Waals surface area contributed by atoms with Crippen LogP contribution in [0.4, 0.5) is 32.1 Å². The molecule has 0 fully saturated rings. The first-order valence-electron chi connectivity index (χ1n) is 13.4. The molecule has 0 aliphatic carbocycles. The van der Waals surface area contributed by atoms with E-state index in [-0.39, 0.29) is 23.5 Å². The van der Waals surface area contributed by atoms with Gasteiger partial charge in [-0.2, -0.15) is 0 Å². The second-order valence-corrected chi connectivity index (χ2v) is 9.63. The molecule has 7 N–H and O–H groups in total. The Balaban J connectivity index is 1.53. The number of pyridine rings is 1. The summed E-state index contributed by atoms with van der Waals surface area (Å²) in [7, 11) is 0. The Morgan fingerprint density at radius 3 is 2.71 bits per heavy atom. The highest BCUT2D eigenvalue weighted by Gasteiger charge is 2.19. The van der Waals surface area contributed by atoms with Crippen LogP contribution in [0, 0.1) is 11.2 Å². The number of halogens is 1. The van der Waals surface area contributed by atoms with Crippen molar-refractivity contribution in [2.45, 2.75) is 32.2 Å². The first kappa shape index (κ1) is 29.2. The molecule has 0 saturated heterocycles. The molecule has 214 valence electrons. The van der Waals surface area contributed by atoms with Crippen LogP contribution >= 0.6 is 0 Å². The zero-order valence-corrected chi connectivity index (χ0v) is 22.8. The van der Waals surface area contributed by atoms with Gasteiger partial charge in [-0.25, -0.2) is 14.2 Å². The average molecular weight is 560 g/mol. The molecule has 10 nitrogen and oxygen atoms in total. The molecule has 41 heavy (non-hydrogen) atoms. The number of hydrogen-bond acceptors (Lipinski definition) is 7. The summed E-state index contributed by atoms with van der Waals surface area (Å²) in [6.45, 7) is 3.32. The number of nitrogens with one attached hydrogen (secondary N) is 5. The highest BCUT2D eigenvalue weighted by atomic mass is 19.1. The molecule has 0 saturated carbocycles. The first-order valence-corrected chi connectivity index (χ1v) is 13.4. The normalized spacial score (nSPS) is 17.0. The number of nitrogens with two attached hydrogens (primary N) is 1. The minimum atomic E-state index is -0.524. The van der Waals surface area contributed by atoms with Crippen LogP contribution in [0.25, 0.3) is 6.08 Å². The van der Waals surface area contributed by atoms with Crippen LogP contribution in [0.15, 0.2) is 60.8 Å². The molecule has 2 heterocycles. The summed E-state index contributed by atoms with van der Waals surface area (Å²) in [5.41, 5.74) is 9.75. The highest BCUT2D eigenvalue weighted by molar-refractivity contribution is 6.17. The fourth-order valence-corrected chi connectivity index (χ4v) is 4.30. The number of aromatic nitrogens is 1. The van der Waals surface area contributed by atoms with Crippen molar-refractivity contribution in [3.8, 4) is 0 Å². The SMILES string of the molecule is C[C@@H]1CCNc2c(cnc(N)c2C(=N)c2ccc(NC(=O)Nc3cccc(F)c3)cc2)/C=C/CCOCCC(=O)N1. The monoisotopic (exact) mass is 559 g/mol. The van der Waals surface area contributed by atoms with E-state index in [0.29, 0.717) is 67.2 Å². The van der Waals surface area contributed by atoms with Gasteiger partial charge in [-0.05, 0) is 50.1 Å². The largest absolute Gasteiger partial charge is 0.384 e.